The summed E-state index contributed by atoms with van der Waals surface area (Å²) in [6.07, 6.45) is 2.22. The summed E-state index contributed by atoms with van der Waals surface area (Å²) in [5, 5.41) is 7.18. The largest absolute Gasteiger partial charge is 0.493 e. The number of amides is 1. The summed E-state index contributed by atoms with van der Waals surface area (Å²) in [6.45, 7) is 2.30. The minimum atomic E-state index is -0.155. The summed E-state index contributed by atoms with van der Waals surface area (Å²) >= 11 is 7.12. The number of pyridine rings is 1. The lowest BCUT2D eigenvalue weighted by Crippen LogP contribution is -2.25. The fourth-order valence-electron chi connectivity index (χ4n) is 2.66. The van der Waals surface area contributed by atoms with Crippen molar-refractivity contribution in [1.82, 2.24) is 15.3 Å². The first-order valence-corrected chi connectivity index (χ1v) is 10.0. The number of aromatic nitrogens is 2. The monoisotopic (exact) mass is 432 g/mol. The SMILES string of the molecule is COc1ccc(CCNC(=O)c2sc(Nc3ccc(Cl)cn3)nc2C)cc1OC. The zero-order valence-corrected chi connectivity index (χ0v) is 17.9. The molecule has 29 heavy (non-hydrogen) atoms. The second-order valence-electron chi connectivity index (χ2n) is 6.12. The van der Waals surface area contributed by atoms with Crippen LogP contribution < -0.4 is 20.1 Å². The Morgan fingerprint density at radius 2 is 1.97 bits per heavy atom. The Morgan fingerprint density at radius 1 is 1.17 bits per heavy atom. The van der Waals surface area contributed by atoms with E-state index in [4.69, 9.17) is 21.1 Å². The molecular formula is C20H21ClN4O3S. The summed E-state index contributed by atoms with van der Waals surface area (Å²) in [7, 11) is 3.20. The topological polar surface area (TPSA) is 85.4 Å². The number of nitrogens with zero attached hydrogens (tertiary/aromatic N) is 2. The Balaban J connectivity index is 1.58. The highest BCUT2D eigenvalue weighted by Gasteiger charge is 2.15. The second-order valence-corrected chi connectivity index (χ2v) is 7.55. The number of methoxy groups -OCH3 is 2. The number of hydrogen-bond acceptors (Lipinski definition) is 7. The fourth-order valence-corrected chi connectivity index (χ4v) is 3.66. The molecule has 0 atom stereocenters. The van der Waals surface area contributed by atoms with Crippen LogP contribution in [0.25, 0.3) is 0 Å². The van der Waals surface area contributed by atoms with Crippen molar-refractivity contribution in [3.63, 3.8) is 0 Å². The molecule has 0 fully saturated rings. The lowest BCUT2D eigenvalue weighted by atomic mass is 10.1. The standard InChI is InChI=1S/C20H21ClN4O3S/c1-12-18(29-20(24-12)25-17-7-5-14(21)11-23-17)19(26)22-9-8-13-4-6-15(27-2)16(10-13)28-3/h4-7,10-11H,8-9H2,1-3H3,(H,22,26)(H,23,24,25). The molecule has 7 nitrogen and oxygen atoms in total. The van der Waals surface area contributed by atoms with E-state index >= 15 is 0 Å². The van der Waals surface area contributed by atoms with Crippen molar-refractivity contribution in [2.75, 3.05) is 26.1 Å². The molecule has 3 rings (SSSR count). The van der Waals surface area contributed by atoms with E-state index in [-0.39, 0.29) is 5.91 Å². The van der Waals surface area contributed by atoms with Crippen LogP contribution in [0.15, 0.2) is 36.5 Å². The van der Waals surface area contributed by atoms with Gasteiger partial charge in [-0.1, -0.05) is 29.0 Å². The van der Waals surface area contributed by atoms with Gasteiger partial charge in [0.15, 0.2) is 16.6 Å². The molecule has 2 heterocycles. The lowest BCUT2D eigenvalue weighted by Gasteiger charge is -2.10. The van der Waals surface area contributed by atoms with Gasteiger partial charge in [0.05, 0.1) is 24.9 Å². The van der Waals surface area contributed by atoms with Crippen LogP contribution in [0.4, 0.5) is 10.9 Å². The van der Waals surface area contributed by atoms with Crippen LogP contribution >= 0.6 is 22.9 Å². The second kappa shape index (κ2) is 9.58. The van der Waals surface area contributed by atoms with Crippen LogP contribution in [-0.2, 0) is 6.42 Å². The number of thiazole rings is 1. The molecule has 0 saturated carbocycles. The van der Waals surface area contributed by atoms with Crippen molar-refractivity contribution in [2.24, 2.45) is 0 Å². The third-order valence-corrected chi connectivity index (χ3v) is 5.41. The third-order valence-electron chi connectivity index (χ3n) is 4.11. The van der Waals surface area contributed by atoms with Crippen LogP contribution in [-0.4, -0.2) is 36.6 Å². The summed E-state index contributed by atoms with van der Waals surface area (Å²) < 4.78 is 10.5. The van der Waals surface area contributed by atoms with Crippen LogP contribution in [0.5, 0.6) is 11.5 Å². The number of halogens is 1. The highest BCUT2D eigenvalue weighted by atomic mass is 35.5. The summed E-state index contributed by atoms with van der Waals surface area (Å²) in [5.41, 5.74) is 1.70. The van der Waals surface area contributed by atoms with E-state index < -0.39 is 0 Å². The molecule has 0 saturated heterocycles. The number of nitrogens with one attached hydrogen (secondary N) is 2. The number of carbonyl (C=O) groups is 1. The molecule has 3 aromatic rings. The number of aryl methyl sites for hydroxylation is 1. The van der Waals surface area contributed by atoms with Crippen LogP contribution in [0.1, 0.15) is 20.9 Å². The van der Waals surface area contributed by atoms with Crippen LogP contribution in [0.3, 0.4) is 0 Å². The van der Waals surface area contributed by atoms with Gasteiger partial charge in [0.1, 0.15) is 10.7 Å². The van der Waals surface area contributed by atoms with Gasteiger partial charge in [-0.15, -0.1) is 0 Å². The van der Waals surface area contributed by atoms with Crippen LogP contribution in [0, 0.1) is 6.92 Å². The van der Waals surface area contributed by atoms with Crippen LogP contribution in [0.2, 0.25) is 5.02 Å². The normalized spacial score (nSPS) is 10.5. The van der Waals surface area contributed by atoms with Gasteiger partial charge in [-0.2, -0.15) is 0 Å². The van der Waals surface area contributed by atoms with Crippen molar-refractivity contribution >= 4 is 39.8 Å². The Bertz CT molecular complexity index is 992. The predicted octanol–water partition coefficient (Wildman–Crippen LogP) is 4.23. The minimum absolute atomic E-state index is 0.155. The molecule has 0 spiro atoms. The van der Waals surface area contributed by atoms with Gasteiger partial charge in [-0.05, 0) is 43.2 Å². The highest BCUT2D eigenvalue weighted by molar-refractivity contribution is 7.17. The number of benzene rings is 1. The highest BCUT2D eigenvalue weighted by Crippen LogP contribution is 2.28. The molecule has 9 heteroatoms. The maximum absolute atomic E-state index is 12.5. The molecule has 0 aliphatic carbocycles. The third kappa shape index (κ3) is 5.36. The average Bonchev–Trinajstić information content (AvgIpc) is 3.09. The number of anilines is 2. The van der Waals surface area contributed by atoms with Gasteiger partial charge in [-0.25, -0.2) is 9.97 Å². The predicted molar refractivity (Wildman–Crippen MR) is 115 cm³/mol. The molecule has 0 unspecified atom stereocenters. The number of hydrogen-bond donors (Lipinski definition) is 2. The quantitative estimate of drug-likeness (QED) is 0.554. The molecule has 152 valence electrons. The van der Waals surface area contributed by atoms with Gasteiger partial charge in [0.25, 0.3) is 5.91 Å². The fraction of sp³-hybridized carbons (Fsp3) is 0.250. The molecule has 0 aliphatic rings. The van der Waals surface area contributed by atoms with Crippen molar-refractivity contribution in [2.45, 2.75) is 13.3 Å². The van der Waals surface area contributed by atoms with Crippen molar-refractivity contribution < 1.29 is 14.3 Å². The maximum atomic E-state index is 12.5. The average molecular weight is 433 g/mol. The van der Waals surface area contributed by atoms with E-state index in [1.807, 2.05) is 18.2 Å². The molecule has 2 N–H and O–H groups in total. The Hall–Kier alpha value is -2.84. The van der Waals surface area contributed by atoms with E-state index in [0.29, 0.717) is 51.0 Å². The van der Waals surface area contributed by atoms with Crippen molar-refractivity contribution in [3.8, 4) is 11.5 Å². The van der Waals surface area contributed by atoms with Crippen molar-refractivity contribution in [3.05, 3.63) is 57.7 Å². The van der Waals surface area contributed by atoms with E-state index in [0.717, 1.165) is 5.56 Å². The van der Waals surface area contributed by atoms with Gasteiger partial charge >= 0.3 is 0 Å². The molecule has 1 amide bonds. The number of ether oxygens (including phenoxy) is 2. The van der Waals surface area contributed by atoms with E-state index in [1.165, 1.54) is 11.3 Å². The van der Waals surface area contributed by atoms with Gasteiger partial charge in [0.2, 0.25) is 0 Å². The first kappa shape index (κ1) is 20.9. The Morgan fingerprint density at radius 3 is 2.66 bits per heavy atom. The minimum Gasteiger partial charge on any atom is -0.493 e. The van der Waals surface area contributed by atoms with E-state index in [9.17, 15) is 4.79 Å². The van der Waals surface area contributed by atoms with Crippen molar-refractivity contribution in [1.29, 1.82) is 0 Å². The zero-order valence-electron chi connectivity index (χ0n) is 16.3. The maximum Gasteiger partial charge on any atom is 0.263 e. The van der Waals surface area contributed by atoms with Gasteiger partial charge < -0.3 is 20.1 Å². The lowest BCUT2D eigenvalue weighted by molar-refractivity contribution is 0.0957. The summed E-state index contributed by atoms with van der Waals surface area (Å²) in [5.74, 6) is 1.80. The Kier molecular flexibility index (Phi) is 6.90. The molecule has 0 aliphatic heterocycles. The molecule has 1 aromatic carbocycles. The van der Waals surface area contributed by atoms with E-state index in [1.54, 1.807) is 39.5 Å². The first-order valence-electron chi connectivity index (χ1n) is 8.85. The molecule has 0 radical (unpaired) electrons. The summed E-state index contributed by atoms with van der Waals surface area (Å²) in [6, 6.07) is 9.20. The molecule has 0 bridgehead atoms. The van der Waals surface area contributed by atoms with E-state index in [2.05, 4.69) is 20.6 Å². The van der Waals surface area contributed by atoms with Gasteiger partial charge in [0, 0.05) is 12.7 Å². The Labute approximate surface area is 178 Å². The molecule has 2 aromatic heterocycles. The smallest absolute Gasteiger partial charge is 0.263 e. The number of rotatable bonds is 8. The first-order chi connectivity index (χ1) is 14.0. The zero-order chi connectivity index (χ0) is 20.8. The summed E-state index contributed by atoms with van der Waals surface area (Å²) in [4.78, 5) is 21.7. The number of carbonyl (C=O) groups excluding carboxylic acids is 1. The van der Waals surface area contributed by atoms with Gasteiger partial charge in [-0.3, -0.25) is 4.79 Å². The molecular weight excluding hydrogens is 412 g/mol.